The van der Waals surface area contributed by atoms with E-state index in [0.29, 0.717) is 23.4 Å². The molecule has 1 atom stereocenters. The van der Waals surface area contributed by atoms with E-state index in [2.05, 4.69) is 30.4 Å². The van der Waals surface area contributed by atoms with Crippen molar-refractivity contribution < 1.29 is 27.9 Å². The van der Waals surface area contributed by atoms with Crippen LogP contribution in [0.5, 0.6) is 0 Å². The highest BCUT2D eigenvalue weighted by molar-refractivity contribution is 5.98. The van der Waals surface area contributed by atoms with Crippen molar-refractivity contribution >= 4 is 17.6 Å². The second-order valence-electron chi connectivity index (χ2n) is 8.99. The number of carbonyl (C=O) groups excluding carboxylic acids is 1. The molecule has 0 saturated carbocycles. The van der Waals surface area contributed by atoms with Gasteiger partial charge in [0, 0.05) is 35.6 Å². The molecule has 0 spiro atoms. The number of hydrogen-bond acceptors (Lipinski definition) is 8. The van der Waals surface area contributed by atoms with Crippen LogP contribution < -0.4 is 16.4 Å². The van der Waals surface area contributed by atoms with E-state index in [1.54, 1.807) is 12.3 Å². The number of hydrogen-bond donors (Lipinski definition) is 3. The zero-order chi connectivity index (χ0) is 29.7. The van der Waals surface area contributed by atoms with Gasteiger partial charge in [-0.05, 0) is 31.4 Å². The van der Waals surface area contributed by atoms with Crippen molar-refractivity contribution in [1.82, 2.24) is 34.3 Å². The molecule has 3 N–H and O–H groups in total. The minimum absolute atomic E-state index is 0.0849. The average Bonchev–Trinajstić information content (AvgIpc) is 3.29. The lowest BCUT2D eigenvalue weighted by Crippen LogP contribution is -2.26. The van der Waals surface area contributed by atoms with Gasteiger partial charge in [0.1, 0.15) is 17.7 Å². The van der Waals surface area contributed by atoms with Crippen LogP contribution in [-0.4, -0.2) is 57.4 Å². The summed E-state index contributed by atoms with van der Waals surface area (Å²) in [5.74, 6) is -3.04. The van der Waals surface area contributed by atoms with E-state index in [4.69, 9.17) is 9.90 Å². The number of carboxylic acids is 1. The molecule has 4 aromatic heterocycles. The van der Waals surface area contributed by atoms with Crippen LogP contribution in [-0.2, 0) is 16.0 Å². The van der Waals surface area contributed by atoms with E-state index in [1.165, 1.54) is 40.4 Å². The number of anilines is 1. The summed E-state index contributed by atoms with van der Waals surface area (Å²) >= 11 is 0. The van der Waals surface area contributed by atoms with E-state index in [0.717, 1.165) is 25.0 Å². The van der Waals surface area contributed by atoms with E-state index in [-0.39, 0.29) is 23.3 Å². The number of aromatic nitrogens is 7. The number of fused-ring (bicyclic) bond motifs is 4. The first kappa shape index (κ1) is 28.8. The van der Waals surface area contributed by atoms with Gasteiger partial charge in [0.15, 0.2) is 11.5 Å². The predicted molar refractivity (Wildman–Crippen MR) is 138 cm³/mol. The van der Waals surface area contributed by atoms with E-state index in [9.17, 15) is 27.6 Å². The first-order valence-electron chi connectivity index (χ1n) is 12.2. The second-order valence-corrected chi connectivity index (χ2v) is 8.99. The number of aryl methyl sites for hydroxylation is 1. The van der Waals surface area contributed by atoms with Crippen molar-refractivity contribution in [2.24, 2.45) is 5.92 Å². The molecule has 1 aliphatic rings. The standard InChI is InChI=1S/C23H22N8O3.C2HF3O2/c1-14-4-2-3-5-16-10-15(6-9-26-16)19-20(28-21(14)33)23(30-13-24-8-7-18(30)32)31(29-19)17-11-25-12-27-22(17)34;3-2(4,5)1(6)7/h6-14H,2-5H2,1H3,(H,28,33)(H,25,27,34);(H,6,7). The summed E-state index contributed by atoms with van der Waals surface area (Å²) in [5, 5.41) is 14.8. The van der Waals surface area contributed by atoms with Crippen LogP contribution in [0.15, 0.2) is 59.0 Å². The van der Waals surface area contributed by atoms with Gasteiger partial charge in [-0.15, -0.1) is 0 Å². The highest BCUT2D eigenvalue weighted by Crippen LogP contribution is 2.35. The zero-order valence-electron chi connectivity index (χ0n) is 21.4. The first-order chi connectivity index (χ1) is 19.5. The fraction of sp³-hybridized carbons (Fsp3) is 0.280. The van der Waals surface area contributed by atoms with Crippen molar-refractivity contribution in [3.05, 3.63) is 75.8 Å². The largest absolute Gasteiger partial charge is 0.490 e. The molecule has 0 saturated heterocycles. The lowest BCUT2D eigenvalue weighted by atomic mass is 10.00. The number of pyridine rings is 1. The van der Waals surface area contributed by atoms with Crippen LogP contribution in [0.25, 0.3) is 22.8 Å². The van der Waals surface area contributed by atoms with Gasteiger partial charge in [-0.3, -0.25) is 19.4 Å². The lowest BCUT2D eigenvalue weighted by Gasteiger charge is -2.16. The molecule has 16 heteroatoms. The Hall–Kier alpha value is -5.15. The smallest absolute Gasteiger partial charge is 0.475 e. The molecule has 1 amide bonds. The summed E-state index contributed by atoms with van der Waals surface area (Å²) in [4.78, 5) is 62.6. The predicted octanol–water partition coefficient (Wildman–Crippen LogP) is 2.50. The van der Waals surface area contributed by atoms with E-state index in [1.807, 2.05) is 13.0 Å². The molecule has 4 aromatic rings. The Kier molecular flexibility index (Phi) is 8.40. The Bertz CT molecular complexity index is 1700. The number of halogens is 3. The highest BCUT2D eigenvalue weighted by atomic mass is 19.4. The maximum atomic E-state index is 13.2. The van der Waals surface area contributed by atoms with Gasteiger partial charge < -0.3 is 15.4 Å². The first-order valence-corrected chi connectivity index (χ1v) is 12.2. The number of H-pyrrole nitrogens is 1. The molecule has 0 aromatic carbocycles. The molecule has 0 aliphatic carbocycles. The molecule has 1 aliphatic heterocycles. The molecular formula is C25H23F3N8O5. The summed E-state index contributed by atoms with van der Waals surface area (Å²) in [6, 6.07) is 4.99. The summed E-state index contributed by atoms with van der Waals surface area (Å²) in [6.45, 7) is 1.87. The van der Waals surface area contributed by atoms with Crippen molar-refractivity contribution in [3.8, 4) is 22.8 Å². The van der Waals surface area contributed by atoms with Crippen LogP contribution in [0, 0.1) is 5.92 Å². The number of carbonyl (C=O) groups is 2. The third-order valence-corrected chi connectivity index (χ3v) is 6.09. The second kappa shape index (κ2) is 11.9. The van der Waals surface area contributed by atoms with Crippen molar-refractivity contribution in [3.63, 3.8) is 0 Å². The quantitative estimate of drug-likeness (QED) is 0.326. The van der Waals surface area contributed by atoms with Gasteiger partial charge >= 0.3 is 12.1 Å². The normalized spacial score (nSPS) is 15.3. The van der Waals surface area contributed by atoms with Crippen molar-refractivity contribution in [1.29, 1.82) is 0 Å². The summed E-state index contributed by atoms with van der Waals surface area (Å²) in [7, 11) is 0. The lowest BCUT2D eigenvalue weighted by molar-refractivity contribution is -0.192. The molecule has 0 radical (unpaired) electrons. The van der Waals surface area contributed by atoms with Crippen LogP contribution >= 0.6 is 0 Å². The molecule has 2 bridgehead atoms. The van der Waals surface area contributed by atoms with Crippen LogP contribution in [0.2, 0.25) is 0 Å². The zero-order valence-corrected chi connectivity index (χ0v) is 21.4. The Morgan fingerprint density at radius 1 is 1.12 bits per heavy atom. The number of nitrogens with one attached hydrogen (secondary N) is 2. The number of nitrogens with zero attached hydrogens (tertiary/aromatic N) is 6. The Morgan fingerprint density at radius 3 is 2.56 bits per heavy atom. The monoisotopic (exact) mass is 572 g/mol. The van der Waals surface area contributed by atoms with Gasteiger partial charge in [0.2, 0.25) is 5.91 Å². The number of aliphatic carboxylic acids is 1. The number of rotatable bonds is 2. The molecule has 1 unspecified atom stereocenters. The molecule has 0 fully saturated rings. The molecule has 5 rings (SSSR count). The summed E-state index contributed by atoms with van der Waals surface area (Å²) < 4.78 is 34.3. The minimum Gasteiger partial charge on any atom is -0.475 e. The van der Waals surface area contributed by atoms with Gasteiger partial charge in [-0.25, -0.2) is 24.0 Å². The van der Waals surface area contributed by atoms with Crippen LogP contribution in [0.3, 0.4) is 0 Å². The average molecular weight is 573 g/mol. The summed E-state index contributed by atoms with van der Waals surface area (Å²) in [6.07, 6.45) is 5.19. The van der Waals surface area contributed by atoms with Crippen molar-refractivity contribution in [2.45, 2.75) is 38.8 Å². The van der Waals surface area contributed by atoms with Gasteiger partial charge in [0.05, 0.1) is 12.5 Å². The number of aromatic amines is 1. The molecule has 41 heavy (non-hydrogen) atoms. The van der Waals surface area contributed by atoms with Crippen molar-refractivity contribution in [2.75, 3.05) is 5.32 Å². The van der Waals surface area contributed by atoms with Gasteiger partial charge in [0.25, 0.3) is 11.1 Å². The fourth-order valence-corrected chi connectivity index (χ4v) is 4.01. The van der Waals surface area contributed by atoms with Gasteiger partial charge in [-0.1, -0.05) is 13.3 Å². The maximum Gasteiger partial charge on any atom is 0.490 e. The number of amides is 1. The third-order valence-electron chi connectivity index (χ3n) is 6.09. The highest BCUT2D eigenvalue weighted by Gasteiger charge is 2.38. The van der Waals surface area contributed by atoms with E-state index >= 15 is 0 Å². The molecule has 13 nitrogen and oxygen atoms in total. The van der Waals surface area contributed by atoms with Gasteiger partial charge in [-0.2, -0.15) is 18.3 Å². The Labute approximate surface area is 228 Å². The molecule has 214 valence electrons. The SMILES string of the molecule is CC1CCCCc2cc(ccn2)-c2nn(-c3cnc[nH]c3=O)c(-n3cnccc3=O)c2NC1=O.O=C(O)C(F)(F)F. The number of carboxylic acid groups (broad SMARTS) is 1. The minimum atomic E-state index is -5.08. The third kappa shape index (κ3) is 6.54. The number of alkyl halides is 3. The summed E-state index contributed by atoms with van der Waals surface area (Å²) in [5.41, 5.74) is 1.53. The maximum absolute atomic E-state index is 13.2. The molecular weight excluding hydrogens is 549 g/mol. The molecule has 5 heterocycles. The Morgan fingerprint density at radius 2 is 1.88 bits per heavy atom. The topological polar surface area (TPSA) is 178 Å². The van der Waals surface area contributed by atoms with Crippen LogP contribution in [0.1, 0.15) is 31.9 Å². The Balaban J connectivity index is 0.000000493. The van der Waals surface area contributed by atoms with E-state index < -0.39 is 23.3 Å². The van der Waals surface area contributed by atoms with Crippen LogP contribution in [0.4, 0.5) is 18.9 Å². The fourth-order valence-electron chi connectivity index (χ4n) is 4.01.